The molecule has 200 valence electrons. The molecule has 2 aromatic rings. The first-order valence-electron chi connectivity index (χ1n) is 14.2. The van der Waals surface area contributed by atoms with Crippen LogP contribution in [0, 0.1) is 0 Å². The fourth-order valence-corrected chi connectivity index (χ4v) is 4.57. The molecule has 0 N–H and O–H groups in total. The normalized spacial score (nSPS) is 11.4. The molecule has 4 nitrogen and oxygen atoms in total. The van der Waals surface area contributed by atoms with Crippen molar-refractivity contribution in [1.29, 1.82) is 0 Å². The van der Waals surface area contributed by atoms with Crippen LogP contribution in [0.5, 0.6) is 5.75 Å². The van der Waals surface area contributed by atoms with Crippen LogP contribution in [0.15, 0.2) is 54.6 Å². The minimum absolute atomic E-state index is 0.132. The van der Waals surface area contributed by atoms with E-state index in [0.29, 0.717) is 19.6 Å². The maximum absolute atomic E-state index is 12.0. The minimum atomic E-state index is -0.132. The number of carbonyl (C=O) groups is 1. The summed E-state index contributed by atoms with van der Waals surface area (Å²) in [5.41, 5.74) is 2.71. The van der Waals surface area contributed by atoms with Crippen LogP contribution in [0.4, 0.5) is 0 Å². The maximum Gasteiger partial charge on any atom is 0.305 e. The summed E-state index contributed by atoms with van der Waals surface area (Å²) in [6.45, 7) is 5.00. The van der Waals surface area contributed by atoms with Gasteiger partial charge in [0.05, 0.1) is 20.6 Å². The molecule has 0 bridgehead atoms. The van der Waals surface area contributed by atoms with E-state index in [-0.39, 0.29) is 5.97 Å². The van der Waals surface area contributed by atoms with E-state index in [4.69, 9.17) is 9.47 Å². The van der Waals surface area contributed by atoms with Gasteiger partial charge in [-0.05, 0) is 43.4 Å². The zero-order valence-electron chi connectivity index (χ0n) is 23.2. The lowest BCUT2D eigenvalue weighted by molar-refractivity contribution is -0.903. The Balaban J connectivity index is 1.48. The van der Waals surface area contributed by atoms with Gasteiger partial charge in [0, 0.05) is 12.0 Å². The number of unbranched alkanes of at least 4 members (excludes halogenated alkanes) is 8. The summed E-state index contributed by atoms with van der Waals surface area (Å²) < 4.78 is 12.0. The van der Waals surface area contributed by atoms with Crippen molar-refractivity contribution in [2.45, 2.75) is 90.5 Å². The first-order chi connectivity index (χ1) is 17.5. The number of aryl methyl sites for hydroxylation is 1. The molecule has 2 aromatic carbocycles. The Hall–Kier alpha value is -2.33. The van der Waals surface area contributed by atoms with E-state index in [1.54, 1.807) is 0 Å². The number of ether oxygens (including phenoxy) is 2. The number of quaternary nitrogens is 1. The summed E-state index contributed by atoms with van der Waals surface area (Å²) in [4.78, 5) is 12.0. The molecule has 0 aliphatic heterocycles. The summed E-state index contributed by atoms with van der Waals surface area (Å²) in [7, 11) is 4.48. The van der Waals surface area contributed by atoms with Crippen LogP contribution in [0.25, 0.3) is 0 Å². The average Bonchev–Trinajstić information content (AvgIpc) is 2.87. The van der Waals surface area contributed by atoms with Gasteiger partial charge >= 0.3 is 5.97 Å². The van der Waals surface area contributed by atoms with Crippen LogP contribution < -0.4 is 4.74 Å². The van der Waals surface area contributed by atoms with Gasteiger partial charge in [-0.1, -0.05) is 94.3 Å². The molecule has 0 aliphatic rings. The van der Waals surface area contributed by atoms with Gasteiger partial charge in [-0.25, -0.2) is 0 Å². The van der Waals surface area contributed by atoms with Gasteiger partial charge in [0.15, 0.2) is 0 Å². The highest BCUT2D eigenvalue weighted by Gasteiger charge is 2.15. The molecule has 0 atom stereocenters. The Kier molecular flexibility index (Phi) is 14.9. The predicted octanol–water partition coefficient (Wildman–Crippen LogP) is 7.74. The van der Waals surface area contributed by atoms with Gasteiger partial charge in [0.1, 0.15) is 25.5 Å². The third-order valence-electron chi connectivity index (χ3n) is 6.71. The van der Waals surface area contributed by atoms with E-state index in [2.05, 4.69) is 63.5 Å². The fourth-order valence-electron chi connectivity index (χ4n) is 4.57. The number of nitrogens with zero attached hydrogens (tertiary/aromatic N) is 1. The van der Waals surface area contributed by atoms with Gasteiger partial charge in [-0.2, -0.15) is 0 Å². The molecule has 0 saturated heterocycles. The van der Waals surface area contributed by atoms with E-state index in [9.17, 15) is 4.79 Å². The lowest BCUT2D eigenvalue weighted by Crippen LogP contribution is -2.39. The zero-order valence-corrected chi connectivity index (χ0v) is 23.2. The molecular formula is C32H50NO3+. The topological polar surface area (TPSA) is 35.5 Å². The second kappa shape index (κ2) is 18.0. The number of hydrogen-bond donors (Lipinski definition) is 0. The van der Waals surface area contributed by atoms with Crippen molar-refractivity contribution in [3.8, 4) is 5.75 Å². The second-order valence-electron chi connectivity index (χ2n) is 10.7. The average molecular weight is 497 g/mol. The van der Waals surface area contributed by atoms with Gasteiger partial charge in [0.2, 0.25) is 0 Å². The summed E-state index contributed by atoms with van der Waals surface area (Å²) in [6, 6.07) is 18.9. The van der Waals surface area contributed by atoms with Crippen LogP contribution in [-0.2, 0) is 22.5 Å². The molecule has 4 heteroatoms. The van der Waals surface area contributed by atoms with E-state index < -0.39 is 0 Å². The quantitative estimate of drug-likeness (QED) is 0.107. The van der Waals surface area contributed by atoms with Gasteiger partial charge in [0.25, 0.3) is 0 Å². The minimum Gasteiger partial charge on any atom is -0.490 e. The van der Waals surface area contributed by atoms with Crippen LogP contribution >= 0.6 is 0 Å². The second-order valence-corrected chi connectivity index (χ2v) is 10.7. The summed E-state index contributed by atoms with van der Waals surface area (Å²) in [5.74, 6) is 0.705. The molecule has 0 aliphatic carbocycles. The molecule has 0 unspecified atom stereocenters. The number of carbonyl (C=O) groups excluding carboxylic acids is 1. The Labute approximate surface area is 220 Å². The smallest absolute Gasteiger partial charge is 0.305 e. The largest absolute Gasteiger partial charge is 0.490 e. The molecule has 36 heavy (non-hydrogen) atoms. The summed E-state index contributed by atoms with van der Waals surface area (Å²) in [6.07, 6.45) is 14.3. The van der Waals surface area contributed by atoms with Crippen molar-refractivity contribution in [2.24, 2.45) is 0 Å². The fraction of sp³-hybridized carbons (Fsp3) is 0.594. The molecule has 0 aromatic heterocycles. The van der Waals surface area contributed by atoms with Crippen molar-refractivity contribution in [3.05, 3.63) is 65.7 Å². The molecule has 0 heterocycles. The van der Waals surface area contributed by atoms with Crippen molar-refractivity contribution < 1.29 is 18.8 Å². The molecule has 0 spiro atoms. The Bertz CT molecular complexity index is 817. The summed E-state index contributed by atoms with van der Waals surface area (Å²) in [5, 5.41) is 0. The predicted molar refractivity (Wildman–Crippen MR) is 150 cm³/mol. The van der Waals surface area contributed by atoms with Crippen LogP contribution in [0.1, 0.15) is 88.7 Å². The third-order valence-corrected chi connectivity index (χ3v) is 6.71. The Morgan fingerprint density at radius 3 is 2.08 bits per heavy atom. The van der Waals surface area contributed by atoms with Crippen molar-refractivity contribution in [2.75, 3.05) is 33.9 Å². The number of benzene rings is 2. The Morgan fingerprint density at radius 1 is 0.722 bits per heavy atom. The van der Waals surface area contributed by atoms with E-state index in [0.717, 1.165) is 42.6 Å². The standard InChI is InChI=1S/C32H50NO3/c1-4-5-6-7-8-9-10-12-17-29-21-23-31(24-22-29)35-26-27-36-32(34)20-15-16-25-33(2,3)28-30-18-13-11-14-19-30/h11,13-14,18-19,21-24H,4-10,12,15-17,20,25-28H2,1-3H3/q+1. The molecule has 0 saturated carbocycles. The van der Waals surface area contributed by atoms with Crippen molar-refractivity contribution in [3.63, 3.8) is 0 Å². The van der Waals surface area contributed by atoms with E-state index >= 15 is 0 Å². The van der Waals surface area contributed by atoms with Gasteiger partial charge < -0.3 is 14.0 Å². The lowest BCUT2D eigenvalue weighted by atomic mass is 10.0. The molecule has 0 amide bonds. The molecule has 0 fully saturated rings. The summed E-state index contributed by atoms with van der Waals surface area (Å²) >= 11 is 0. The van der Waals surface area contributed by atoms with Crippen LogP contribution in [0.3, 0.4) is 0 Å². The molecule has 2 rings (SSSR count). The number of hydrogen-bond acceptors (Lipinski definition) is 3. The monoisotopic (exact) mass is 496 g/mol. The third kappa shape index (κ3) is 14.3. The van der Waals surface area contributed by atoms with E-state index in [1.807, 2.05) is 12.1 Å². The Morgan fingerprint density at radius 2 is 1.39 bits per heavy atom. The maximum atomic E-state index is 12.0. The number of esters is 1. The van der Waals surface area contributed by atoms with E-state index in [1.165, 1.54) is 62.5 Å². The SMILES string of the molecule is CCCCCCCCCCc1ccc(OCCOC(=O)CCCC[N+](C)(C)Cc2ccccc2)cc1. The number of rotatable bonds is 20. The van der Waals surface area contributed by atoms with Crippen molar-refractivity contribution >= 4 is 5.97 Å². The van der Waals surface area contributed by atoms with Gasteiger partial charge in [-0.15, -0.1) is 0 Å². The molecule has 0 radical (unpaired) electrons. The highest BCUT2D eigenvalue weighted by molar-refractivity contribution is 5.69. The van der Waals surface area contributed by atoms with Crippen LogP contribution in [-0.4, -0.2) is 44.3 Å². The first-order valence-corrected chi connectivity index (χ1v) is 14.2. The van der Waals surface area contributed by atoms with Gasteiger partial charge in [-0.3, -0.25) is 4.79 Å². The highest BCUT2D eigenvalue weighted by Crippen LogP contribution is 2.16. The first kappa shape index (κ1) is 29.9. The zero-order chi connectivity index (χ0) is 25.9. The van der Waals surface area contributed by atoms with Crippen molar-refractivity contribution in [1.82, 2.24) is 0 Å². The highest BCUT2D eigenvalue weighted by atomic mass is 16.6. The molecular weight excluding hydrogens is 446 g/mol. The van der Waals surface area contributed by atoms with Crippen LogP contribution in [0.2, 0.25) is 0 Å². The lowest BCUT2D eigenvalue weighted by Gasteiger charge is -2.30.